The number of esters is 1. The van der Waals surface area contributed by atoms with Crippen LogP contribution in [0.15, 0.2) is 11.1 Å². The molecule has 0 fully saturated rings. The lowest BCUT2D eigenvalue weighted by atomic mass is 9.98. The zero-order valence-corrected chi connectivity index (χ0v) is 11.0. The van der Waals surface area contributed by atoms with Crippen molar-refractivity contribution in [1.29, 1.82) is 0 Å². The van der Waals surface area contributed by atoms with Crippen molar-refractivity contribution in [1.82, 2.24) is 0 Å². The molecule has 0 bridgehead atoms. The van der Waals surface area contributed by atoms with Crippen LogP contribution in [0.25, 0.3) is 0 Å². The maximum absolute atomic E-state index is 11.3. The predicted molar refractivity (Wildman–Crippen MR) is 65.4 cm³/mol. The van der Waals surface area contributed by atoms with Gasteiger partial charge in [-0.3, -0.25) is 0 Å². The van der Waals surface area contributed by atoms with Crippen molar-refractivity contribution in [3.8, 4) is 0 Å². The number of carboxylic acids is 1. The van der Waals surface area contributed by atoms with Crippen molar-refractivity contribution >= 4 is 17.7 Å². The molecule has 0 saturated heterocycles. The van der Waals surface area contributed by atoms with Crippen LogP contribution in [0.3, 0.4) is 0 Å². The van der Waals surface area contributed by atoms with Gasteiger partial charge in [0.1, 0.15) is 5.78 Å². The summed E-state index contributed by atoms with van der Waals surface area (Å²) in [5, 5.41) is 18.9. The highest BCUT2D eigenvalue weighted by Gasteiger charge is 2.39. The molecule has 0 aromatic heterocycles. The first-order valence-electron chi connectivity index (χ1n) is 6.17. The van der Waals surface area contributed by atoms with Gasteiger partial charge in [0.2, 0.25) is 0 Å². The van der Waals surface area contributed by atoms with Crippen molar-refractivity contribution in [3.63, 3.8) is 0 Å². The molecule has 1 heterocycles. The maximum atomic E-state index is 11.3. The van der Waals surface area contributed by atoms with E-state index in [-0.39, 0.29) is 23.4 Å². The van der Waals surface area contributed by atoms with Gasteiger partial charge in [0.15, 0.2) is 6.10 Å². The molecule has 1 rings (SSSR count). The first-order chi connectivity index (χ1) is 8.84. The molecule has 1 aliphatic rings. The second-order valence-electron chi connectivity index (χ2n) is 4.68. The van der Waals surface area contributed by atoms with E-state index in [0.29, 0.717) is 19.3 Å². The van der Waals surface area contributed by atoms with Crippen LogP contribution in [0.5, 0.6) is 0 Å². The number of carbonyl (C=O) groups excluding carboxylic acids is 2. The van der Waals surface area contributed by atoms with Crippen LogP contribution < -0.4 is 0 Å². The summed E-state index contributed by atoms with van der Waals surface area (Å²) < 4.78 is 4.88. The number of hydrogen-bond donors (Lipinski definition) is 2. The Morgan fingerprint density at radius 3 is 2.53 bits per heavy atom. The van der Waals surface area contributed by atoms with Crippen molar-refractivity contribution < 1.29 is 29.3 Å². The average molecular weight is 270 g/mol. The van der Waals surface area contributed by atoms with Crippen LogP contribution in [-0.4, -0.2) is 40.1 Å². The number of hydrogen-bond acceptors (Lipinski definition) is 5. The van der Waals surface area contributed by atoms with Gasteiger partial charge in [-0.2, -0.15) is 0 Å². The first-order valence-corrected chi connectivity index (χ1v) is 6.17. The first kappa shape index (κ1) is 15.4. The lowest BCUT2D eigenvalue weighted by Gasteiger charge is -2.18. The third kappa shape index (κ3) is 3.89. The predicted octanol–water partition coefficient (Wildman–Crippen LogP) is 0.823. The Hall–Kier alpha value is -1.69. The Kier molecular flexibility index (Phi) is 5.23. The molecule has 0 aromatic carbocycles. The molecule has 106 valence electrons. The molecule has 2 atom stereocenters. The number of rotatable bonds is 7. The van der Waals surface area contributed by atoms with E-state index in [9.17, 15) is 19.5 Å². The zero-order chi connectivity index (χ0) is 14.6. The van der Waals surface area contributed by atoms with Crippen LogP contribution in [0.2, 0.25) is 0 Å². The van der Waals surface area contributed by atoms with Gasteiger partial charge in [-0.15, -0.1) is 0 Å². The number of cyclic esters (lactones) is 1. The minimum absolute atomic E-state index is 0.0280. The molecule has 0 aliphatic carbocycles. The second kappa shape index (κ2) is 6.47. The molecule has 6 heteroatoms. The molecule has 0 unspecified atom stereocenters. The molecule has 2 N–H and O–H groups in total. The molecular weight excluding hydrogens is 252 g/mol. The quantitative estimate of drug-likeness (QED) is 0.524. The van der Waals surface area contributed by atoms with Gasteiger partial charge < -0.3 is 19.7 Å². The fraction of sp³-hybridized carbons (Fsp3) is 0.615. The number of Topliss-reactive ketones (excluding diaryl/α,β-unsaturated/α-hetero) is 1. The van der Waals surface area contributed by atoms with E-state index >= 15 is 0 Å². The normalized spacial score (nSPS) is 20.4. The standard InChI is InChI=1S/C13H18O6/c1-7(14)5-3-4-6-9(15)11-10(12(16)17)8(2)13(18)19-11/h9,11,15H,3-6H2,1-2H3,(H,16,17)/t9-,11-/m0/s1. The fourth-order valence-corrected chi connectivity index (χ4v) is 2.02. The third-order valence-electron chi connectivity index (χ3n) is 3.09. The monoisotopic (exact) mass is 270 g/mol. The summed E-state index contributed by atoms with van der Waals surface area (Å²) in [7, 11) is 0. The Bertz CT molecular complexity index is 423. The summed E-state index contributed by atoms with van der Waals surface area (Å²) >= 11 is 0. The summed E-state index contributed by atoms with van der Waals surface area (Å²) in [6, 6.07) is 0. The number of carbonyl (C=O) groups is 3. The van der Waals surface area contributed by atoms with Gasteiger partial charge in [-0.25, -0.2) is 9.59 Å². The third-order valence-corrected chi connectivity index (χ3v) is 3.09. The van der Waals surface area contributed by atoms with Crippen LogP contribution in [0.1, 0.15) is 39.5 Å². The maximum Gasteiger partial charge on any atom is 0.335 e. The lowest BCUT2D eigenvalue weighted by Crippen LogP contribution is -2.31. The van der Waals surface area contributed by atoms with Crippen molar-refractivity contribution in [2.45, 2.75) is 51.7 Å². The highest BCUT2D eigenvalue weighted by atomic mass is 16.6. The van der Waals surface area contributed by atoms with E-state index in [4.69, 9.17) is 9.84 Å². The summed E-state index contributed by atoms with van der Waals surface area (Å²) in [6.45, 7) is 2.86. The van der Waals surface area contributed by atoms with Gasteiger partial charge >= 0.3 is 11.9 Å². The molecule has 0 spiro atoms. The minimum Gasteiger partial charge on any atom is -0.478 e. The van der Waals surface area contributed by atoms with E-state index in [1.54, 1.807) is 0 Å². The molecule has 6 nitrogen and oxygen atoms in total. The van der Waals surface area contributed by atoms with Gasteiger partial charge in [0.25, 0.3) is 0 Å². The van der Waals surface area contributed by atoms with E-state index < -0.39 is 24.1 Å². The lowest BCUT2D eigenvalue weighted by molar-refractivity contribution is -0.145. The van der Waals surface area contributed by atoms with E-state index in [1.807, 2.05) is 0 Å². The molecule has 1 aliphatic heterocycles. The summed E-state index contributed by atoms with van der Waals surface area (Å²) in [6.07, 6.45) is -0.256. The molecule has 0 saturated carbocycles. The zero-order valence-electron chi connectivity index (χ0n) is 11.0. The summed E-state index contributed by atoms with van der Waals surface area (Å²) in [5.74, 6) is -1.88. The Balaban J connectivity index is 2.57. The summed E-state index contributed by atoms with van der Waals surface area (Å²) in [4.78, 5) is 33.1. The second-order valence-corrected chi connectivity index (χ2v) is 4.68. The minimum atomic E-state index is -1.25. The fourth-order valence-electron chi connectivity index (χ4n) is 2.02. The Morgan fingerprint density at radius 2 is 2.00 bits per heavy atom. The van der Waals surface area contributed by atoms with Gasteiger partial charge in [0.05, 0.1) is 11.7 Å². The number of aliphatic hydroxyl groups excluding tert-OH is 1. The topological polar surface area (TPSA) is 101 Å². The number of aliphatic carboxylic acids is 1. The SMILES string of the molecule is CC(=O)CCCC[C@H](O)[C@@H]1OC(=O)C(C)=C1C(=O)O. The van der Waals surface area contributed by atoms with Crippen LogP contribution in [-0.2, 0) is 19.1 Å². The molecule has 0 radical (unpaired) electrons. The highest BCUT2D eigenvalue weighted by Crippen LogP contribution is 2.27. The number of carboxylic acid groups (broad SMARTS) is 1. The number of unbranched alkanes of at least 4 members (excludes halogenated alkanes) is 1. The average Bonchev–Trinajstić information content (AvgIpc) is 2.61. The number of ether oxygens (including phenoxy) is 1. The van der Waals surface area contributed by atoms with Crippen LogP contribution in [0.4, 0.5) is 0 Å². The molecule has 0 aromatic rings. The van der Waals surface area contributed by atoms with Crippen LogP contribution in [0, 0.1) is 0 Å². The molecular formula is C13H18O6. The van der Waals surface area contributed by atoms with Crippen molar-refractivity contribution in [3.05, 3.63) is 11.1 Å². The molecule has 19 heavy (non-hydrogen) atoms. The molecule has 0 amide bonds. The largest absolute Gasteiger partial charge is 0.478 e. The summed E-state index contributed by atoms with van der Waals surface area (Å²) in [5.41, 5.74) is -0.149. The van der Waals surface area contributed by atoms with Crippen LogP contribution >= 0.6 is 0 Å². The van der Waals surface area contributed by atoms with E-state index in [0.717, 1.165) is 0 Å². The van der Waals surface area contributed by atoms with Gasteiger partial charge in [-0.1, -0.05) is 6.42 Å². The van der Waals surface area contributed by atoms with Gasteiger partial charge in [-0.05, 0) is 26.7 Å². The highest BCUT2D eigenvalue weighted by molar-refractivity contribution is 6.03. The smallest absolute Gasteiger partial charge is 0.335 e. The van der Waals surface area contributed by atoms with Crippen molar-refractivity contribution in [2.75, 3.05) is 0 Å². The number of aliphatic hydroxyl groups is 1. The Morgan fingerprint density at radius 1 is 1.37 bits per heavy atom. The van der Waals surface area contributed by atoms with E-state index in [1.165, 1.54) is 13.8 Å². The van der Waals surface area contributed by atoms with Crippen molar-refractivity contribution in [2.24, 2.45) is 0 Å². The van der Waals surface area contributed by atoms with Gasteiger partial charge in [0, 0.05) is 12.0 Å². The Labute approximate surface area is 111 Å². The van der Waals surface area contributed by atoms with E-state index in [2.05, 4.69) is 0 Å². The number of ketones is 1.